The Bertz CT molecular complexity index is 614. The molecule has 0 aromatic heterocycles. The van der Waals surface area contributed by atoms with Crippen molar-refractivity contribution in [2.45, 2.75) is 90.1 Å². The number of morpholine rings is 1. The highest BCUT2D eigenvalue weighted by atomic mass is 19.1. The van der Waals surface area contributed by atoms with Gasteiger partial charge in [0.2, 0.25) is 5.91 Å². The molecular weight excluding hydrogens is 435 g/mol. The summed E-state index contributed by atoms with van der Waals surface area (Å²) in [6, 6.07) is 0.201. The second kappa shape index (κ2) is 15.8. The molecule has 2 rings (SSSR count). The first-order valence-corrected chi connectivity index (χ1v) is 13.3. The van der Waals surface area contributed by atoms with Crippen LogP contribution in [0.5, 0.6) is 0 Å². The van der Waals surface area contributed by atoms with Gasteiger partial charge in [-0.3, -0.25) is 14.7 Å². The normalized spacial score (nSPS) is 25.2. The zero-order chi connectivity index (χ0) is 24.9. The van der Waals surface area contributed by atoms with Crippen molar-refractivity contribution in [3.8, 4) is 0 Å². The smallest absolute Gasteiger partial charge is 0.232 e. The van der Waals surface area contributed by atoms with Crippen molar-refractivity contribution in [3.05, 3.63) is 0 Å². The molecule has 5 atom stereocenters. The van der Waals surface area contributed by atoms with E-state index in [-0.39, 0.29) is 24.5 Å². The fourth-order valence-corrected chi connectivity index (χ4v) is 5.04. The highest BCUT2D eigenvalue weighted by Gasteiger charge is 2.35. The molecule has 2 fully saturated rings. The Kier molecular flexibility index (Phi) is 13.5. The summed E-state index contributed by atoms with van der Waals surface area (Å²) in [5.41, 5.74) is 12.5. The van der Waals surface area contributed by atoms with E-state index in [4.69, 9.17) is 16.2 Å². The van der Waals surface area contributed by atoms with E-state index in [0.717, 1.165) is 38.9 Å². The van der Waals surface area contributed by atoms with Gasteiger partial charge in [0.25, 0.3) is 0 Å². The van der Waals surface area contributed by atoms with Crippen molar-refractivity contribution in [2.24, 2.45) is 28.3 Å². The first kappa shape index (κ1) is 29.1. The number of aliphatic imine (C=N–C) groups is 1. The number of nitrogens with two attached hydrogens (primary N) is 2. The van der Waals surface area contributed by atoms with E-state index in [0.29, 0.717) is 37.8 Å². The molecule has 0 saturated carbocycles. The molecule has 2 saturated heterocycles. The second-order valence-electron chi connectivity index (χ2n) is 10.1. The first-order valence-electron chi connectivity index (χ1n) is 13.3. The number of carbonyl (C=O) groups excluding carboxylic acids is 1. The van der Waals surface area contributed by atoms with Crippen LogP contribution in [0.3, 0.4) is 0 Å². The molecule has 0 spiro atoms. The highest BCUT2D eigenvalue weighted by Crippen LogP contribution is 2.18. The summed E-state index contributed by atoms with van der Waals surface area (Å²) in [6.45, 7) is 10.9. The zero-order valence-corrected chi connectivity index (χ0v) is 21.6. The van der Waals surface area contributed by atoms with Gasteiger partial charge in [-0.2, -0.15) is 0 Å². The number of unbranched alkanes of at least 4 members (excludes halogenated alkanes) is 2. The molecule has 0 aliphatic carbocycles. The topological polar surface area (TPSA) is 118 Å². The van der Waals surface area contributed by atoms with E-state index >= 15 is 0 Å². The van der Waals surface area contributed by atoms with E-state index in [1.807, 2.05) is 0 Å². The van der Waals surface area contributed by atoms with Crippen LogP contribution in [-0.2, 0) is 9.53 Å². The molecule has 2 aliphatic heterocycles. The molecule has 8 nitrogen and oxygen atoms in total. The average Bonchev–Trinajstić information content (AvgIpc) is 2.82. The summed E-state index contributed by atoms with van der Waals surface area (Å²) in [6.07, 6.45) is 5.19. The quantitative estimate of drug-likeness (QED) is 0.170. The van der Waals surface area contributed by atoms with Crippen LogP contribution in [0.15, 0.2) is 4.99 Å². The molecule has 1 amide bonds. The van der Waals surface area contributed by atoms with Crippen molar-refractivity contribution in [2.75, 3.05) is 45.9 Å². The van der Waals surface area contributed by atoms with Crippen molar-refractivity contribution in [1.82, 2.24) is 15.5 Å². The van der Waals surface area contributed by atoms with E-state index < -0.39 is 18.3 Å². The van der Waals surface area contributed by atoms with Crippen molar-refractivity contribution in [1.29, 1.82) is 0 Å². The molecule has 9 heteroatoms. The third-order valence-corrected chi connectivity index (χ3v) is 7.22. The molecule has 0 aromatic carbocycles. The number of hydrogen-bond acceptors (Lipinski definition) is 7. The molecule has 0 aromatic rings. The fourth-order valence-electron chi connectivity index (χ4n) is 5.04. The first-order chi connectivity index (χ1) is 16.3. The van der Waals surface area contributed by atoms with Crippen molar-refractivity contribution >= 4 is 11.6 Å². The van der Waals surface area contributed by atoms with Crippen LogP contribution in [-0.4, -0.2) is 86.9 Å². The largest absolute Gasteiger partial charge is 0.379 e. The number of nitrogens with one attached hydrogen (secondary N) is 2. The molecule has 0 bridgehead atoms. The molecule has 5 unspecified atom stereocenters. The molecule has 6 N–H and O–H groups in total. The lowest BCUT2D eigenvalue weighted by atomic mass is 9.95. The van der Waals surface area contributed by atoms with Crippen molar-refractivity contribution < 1.29 is 13.9 Å². The number of ether oxygens (including phenoxy) is 1. The maximum absolute atomic E-state index is 14.5. The second-order valence-corrected chi connectivity index (χ2v) is 10.1. The minimum atomic E-state index is -1.02. The number of carbonyl (C=O) groups is 1. The Morgan fingerprint density at radius 3 is 2.65 bits per heavy atom. The van der Waals surface area contributed by atoms with E-state index in [9.17, 15) is 9.18 Å². The number of amides is 1. The number of nitrogens with zero attached hydrogens (tertiary/aromatic N) is 2. The summed E-state index contributed by atoms with van der Waals surface area (Å²) in [4.78, 5) is 20.0. The maximum Gasteiger partial charge on any atom is 0.232 e. The Morgan fingerprint density at radius 1 is 1.24 bits per heavy atom. The Morgan fingerprint density at radius 2 is 1.97 bits per heavy atom. The lowest BCUT2D eigenvalue weighted by Crippen LogP contribution is -2.63. The summed E-state index contributed by atoms with van der Waals surface area (Å²) < 4.78 is 20.0. The van der Waals surface area contributed by atoms with Gasteiger partial charge in [0, 0.05) is 31.4 Å². The monoisotopic (exact) mass is 484 g/mol. The summed E-state index contributed by atoms with van der Waals surface area (Å²) in [5, 5.41) is 6.53. The van der Waals surface area contributed by atoms with Gasteiger partial charge in [0.05, 0.1) is 32.0 Å². The maximum atomic E-state index is 14.5. The van der Waals surface area contributed by atoms with Crippen LogP contribution in [0.4, 0.5) is 4.39 Å². The van der Waals surface area contributed by atoms with Crippen LogP contribution < -0.4 is 22.1 Å². The van der Waals surface area contributed by atoms with Gasteiger partial charge in [-0.25, -0.2) is 4.39 Å². The minimum absolute atomic E-state index is 0.0449. The minimum Gasteiger partial charge on any atom is -0.379 e. The summed E-state index contributed by atoms with van der Waals surface area (Å²) >= 11 is 0. The Labute approximate surface area is 205 Å². The van der Waals surface area contributed by atoms with Gasteiger partial charge in [0.1, 0.15) is 12.1 Å². The van der Waals surface area contributed by atoms with Gasteiger partial charge in [-0.05, 0) is 38.6 Å². The molecular formula is C25H49FN6O2. The van der Waals surface area contributed by atoms with Crippen LogP contribution in [0.25, 0.3) is 0 Å². The van der Waals surface area contributed by atoms with E-state index in [2.05, 4.69) is 34.4 Å². The molecule has 0 radical (unpaired) electrons. The van der Waals surface area contributed by atoms with Crippen LogP contribution in [0.1, 0.15) is 65.7 Å². The third-order valence-electron chi connectivity index (χ3n) is 7.22. The van der Waals surface area contributed by atoms with Gasteiger partial charge in [-0.1, -0.05) is 39.5 Å². The molecule has 2 aliphatic rings. The number of alkyl halides is 1. The van der Waals surface area contributed by atoms with Crippen LogP contribution in [0, 0.1) is 11.8 Å². The molecule has 2 heterocycles. The van der Waals surface area contributed by atoms with Crippen molar-refractivity contribution in [3.63, 3.8) is 0 Å². The number of halogens is 1. The predicted octanol–water partition coefficient (Wildman–Crippen LogP) is 1.82. The van der Waals surface area contributed by atoms with Crippen LogP contribution in [0.2, 0.25) is 0 Å². The Hall–Kier alpha value is -1.13. The zero-order valence-electron chi connectivity index (χ0n) is 21.6. The van der Waals surface area contributed by atoms with Crippen LogP contribution >= 0.6 is 0 Å². The number of hydrogen-bond donors (Lipinski definition) is 4. The SMILES string of the molecule is CCCCCC(C)CCC(F)C/N=C(\C)C(C(=O)NC1CNCCC1N1CCOCC1)C(N)N. The third kappa shape index (κ3) is 9.85. The van der Waals surface area contributed by atoms with Gasteiger partial charge in [0.15, 0.2) is 0 Å². The van der Waals surface area contributed by atoms with E-state index in [1.165, 1.54) is 19.3 Å². The summed E-state index contributed by atoms with van der Waals surface area (Å²) in [5.74, 6) is -0.482. The molecule has 198 valence electrons. The standard InChI is InChI=1S/C25H49FN6O2/c1-4-5-6-7-18(2)8-9-20(26)16-30-19(3)23(24(27)28)25(33)31-21-17-29-11-10-22(21)32-12-14-34-15-13-32/h18,20-24,29H,4-17,27-28H2,1-3H3,(H,31,33)/b30-19+. The predicted molar refractivity (Wildman–Crippen MR) is 137 cm³/mol. The number of rotatable bonds is 14. The average molecular weight is 485 g/mol. The lowest BCUT2D eigenvalue weighted by molar-refractivity contribution is -0.125. The summed E-state index contributed by atoms with van der Waals surface area (Å²) in [7, 11) is 0. The highest BCUT2D eigenvalue weighted by molar-refractivity contribution is 6.03. The van der Waals surface area contributed by atoms with Gasteiger partial charge < -0.3 is 26.8 Å². The Balaban J connectivity index is 1.88. The van der Waals surface area contributed by atoms with Gasteiger partial charge in [-0.15, -0.1) is 0 Å². The lowest BCUT2D eigenvalue weighted by Gasteiger charge is -2.42. The van der Waals surface area contributed by atoms with E-state index in [1.54, 1.807) is 6.92 Å². The fraction of sp³-hybridized carbons (Fsp3) is 0.920. The molecule has 34 heavy (non-hydrogen) atoms. The van der Waals surface area contributed by atoms with Gasteiger partial charge >= 0.3 is 0 Å². The number of piperidine rings is 1.